The number of anilines is 2. The Morgan fingerprint density at radius 1 is 1.12 bits per heavy atom. The number of nitrogen functional groups attached to an aromatic ring is 1. The molecule has 1 aromatic carbocycles. The van der Waals surface area contributed by atoms with Crippen LogP contribution >= 0.6 is 12.4 Å². The predicted octanol–water partition coefficient (Wildman–Crippen LogP) is 2.30. The van der Waals surface area contributed by atoms with Crippen LogP contribution < -0.4 is 22.1 Å². The molecule has 0 bridgehead atoms. The van der Waals surface area contributed by atoms with Crippen molar-refractivity contribution in [2.45, 2.75) is 6.42 Å². The van der Waals surface area contributed by atoms with Crippen LogP contribution in [0.15, 0.2) is 55.0 Å². The summed E-state index contributed by atoms with van der Waals surface area (Å²) in [5.74, 6) is -0.815. The third kappa shape index (κ3) is 4.76. The number of rotatable bonds is 6. The number of nitrogens with zero attached hydrogens (tertiary/aromatic N) is 3. The Morgan fingerprint density at radius 3 is 2.62 bits per heavy atom. The van der Waals surface area contributed by atoms with Crippen molar-refractivity contribution in [1.82, 2.24) is 25.3 Å². The van der Waals surface area contributed by atoms with Crippen molar-refractivity contribution in [2.24, 2.45) is 5.73 Å². The van der Waals surface area contributed by atoms with E-state index in [1.54, 1.807) is 24.5 Å². The highest BCUT2D eigenvalue weighted by Gasteiger charge is 2.19. The summed E-state index contributed by atoms with van der Waals surface area (Å²) in [7, 11) is 0. The van der Waals surface area contributed by atoms with Crippen LogP contribution in [0.5, 0.6) is 0 Å². The predicted molar refractivity (Wildman–Crippen MR) is 127 cm³/mol. The first-order valence-corrected chi connectivity index (χ1v) is 9.55. The molecule has 3 heterocycles. The molecule has 1 amide bonds. The molecule has 0 aliphatic rings. The van der Waals surface area contributed by atoms with E-state index in [-0.39, 0.29) is 23.9 Å². The van der Waals surface area contributed by atoms with Gasteiger partial charge in [-0.3, -0.25) is 20.5 Å². The molecule has 4 rings (SSSR count). The molecule has 0 fully saturated rings. The summed E-state index contributed by atoms with van der Waals surface area (Å²) in [4.78, 5) is 28.4. The number of aromatic nitrogens is 4. The number of nitrogens with two attached hydrogens (primary N) is 2. The van der Waals surface area contributed by atoms with Crippen LogP contribution in [0.1, 0.15) is 16.1 Å². The van der Waals surface area contributed by atoms with E-state index in [0.29, 0.717) is 23.6 Å². The van der Waals surface area contributed by atoms with E-state index in [0.717, 1.165) is 11.9 Å². The summed E-state index contributed by atoms with van der Waals surface area (Å²) in [5.41, 5.74) is 14.5. The zero-order valence-electron chi connectivity index (χ0n) is 16.9. The van der Waals surface area contributed by atoms with Crippen LogP contribution in [0.4, 0.5) is 11.6 Å². The number of nitrogens with one attached hydrogen (secondary N) is 4. The van der Waals surface area contributed by atoms with Crippen LogP contribution in [0.3, 0.4) is 0 Å². The van der Waals surface area contributed by atoms with Gasteiger partial charge in [-0.05, 0) is 30.2 Å². The van der Waals surface area contributed by atoms with Crippen LogP contribution in [0.2, 0.25) is 0 Å². The summed E-state index contributed by atoms with van der Waals surface area (Å²) < 4.78 is 0. The fraction of sp³-hybridized carbons (Fsp3) is 0.0952. The number of H-pyrrole nitrogens is 1. The third-order valence-corrected chi connectivity index (χ3v) is 4.70. The Bertz CT molecular complexity index is 1260. The number of para-hydroxylation sites is 1. The van der Waals surface area contributed by atoms with Gasteiger partial charge < -0.3 is 21.8 Å². The topological polar surface area (TPSA) is 171 Å². The number of benzene rings is 1. The number of carbonyl (C=O) groups excluding carboxylic acids is 1. The first-order valence-electron chi connectivity index (χ1n) is 9.55. The number of halogens is 1. The van der Waals surface area contributed by atoms with E-state index in [1.165, 1.54) is 10.9 Å². The number of hydrogen-bond acceptors (Lipinski definition) is 7. The van der Waals surface area contributed by atoms with Gasteiger partial charge in [0.15, 0.2) is 23.3 Å². The van der Waals surface area contributed by atoms with Gasteiger partial charge in [-0.25, -0.2) is 9.97 Å². The summed E-state index contributed by atoms with van der Waals surface area (Å²) in [6.45, 7) is 0.576. The second-order valence-electron chi connectivity index (χ2n) is 6.79. The highest BCUT2D eigenvalue weighted by molar-refractivity contribution is 6.06. The van der Waals surface area contributed by atoms with E-state index in [4.69, 9.17) is 16.9 Å². The smallest absolute Gasteiger partial charge is 0.280 e. The maximum atomic E-state index is 12.3. The molecule has 0 saturated heterocycles. The van der Waals surface area contributed by atoms with Gasteiger partial charge in [0.05, 0.1) is 0 Å². The highest BCUT2D eigenvalue weighted by Crippen LogP contribution is 2.26. The quantitative estimate of drug-likeness (QED) is 0.193. The Labute approximate surface area is 189 Å². The minimum absolute atomic E-state index is 0. The molecule has 11 heteroatoms. The van der Waals surface area contributed by atoms with Crippen LogP contribution in [0, 0.1) is 5.41 Å². The normalized spacial score (nSPS) is 10.4. The second-order valence-corrected chi connectivity index (χ2v) is 6.79. The molecule has 0 unspecified atom stereocenters. The SMILES string of the molecule is Cl.N=C(N)NC(=O)c1nc(-c2ccncc2)c(NCCc2c[nH]c3ccccc23)nc1N. The van der Waals surface area contributed by atoms with Crippen molar-refractivity contribution in [1.29, 1.82) is 5.41 Å². The minimum Gasteiger partial charge on any atom is -0.382 e. The number of pyridine rings is 1. The maximum Gasteiger partial charge on any atom is 0.280 e. The lowest BCUT2D eigenvalue weighted by molar-refractivity contribution is 0.0972. The largest absolute Gasteiger partial charge is 0.382 e. The van der Waals surface area contributed by atoms with Crippen LogP contribution in [-0.4, -0.2) is 38.3 Å². The van der Waals surface area contributed by atoms with Crippen molar-refractivity contribution < 1.29 is 4.79 Å². The van der Waals surface area contributed by atoms with Gasteiger partial charge in [-0.2, -0.15) is 0 Å². The average Bonchev–Trinajstić information content (AvgIpc) is 3.17. The van der Waals surface area contributed by atoms with Gasteiger partial charge >= 0.3 is 0 Å². The second kappa shape index (κ2) is 9.75. The summed E-state index contributed by atoms with van der Waals surface area (Å²) >= 11 is 0. The molecule has 164 valence electrons. The zero-order valence-corrected chi connectivity index (χ0v) is 17.7. The molecular weight excluding hydrogens is 430 g/mol. The monoisotopic (exact) mass is 451 g/mol. The van der Waals surface area contributed by atoms with Gasteiger partial charge in [0.2, 0.25) is 0 Å². The first-order chi connectivity index (χ1) is 15.0. The number of guanidine groups is 1. The lowest BCUT2D eigenvalue weighted by Gasteiger charge is -2.14. The van der Waals surface area contributed by atoms with Crippen molar-refractivity contribution in [3.63, 3.8) is 0 Å². The van der Waals surface area contributed by atoms with Crippen LogP contribution in [-0.2, 0) is 6.42 Å². The molecule has 32 heavy (non-hydrogen) atoms. The van der Waals surface area contributed by atoms with E-state index < -0.39 is 11.9 Å². The van der Waals surface area contributed by atoms with Crippen molar-refractivity contribution in [3.8, 4) is 11.3 Å². The molecule has 0 spiro atoms. The molecule has 8 N–H and O–H groups in total. The minimum atomic E-state index is -0.696. The van der Waals surface area contributed by atoms with Crippen LogP contribution in [0.25, 0.3) is 22.2 Å². The fourth-order valence-electron chi connectivity index (χ4n) is 3.29. The number of hydrogen-bond donors (Lipinski definition) is 6. The Hall–Kier alpha value is -4.18. The van der Waals surface area contributed by atoms with E-state index in [1.807, 2.05) is 24.4 Å². The molecule has 0 atom stereocenters. The molecule has 0 saturated carbocycles. The summed E-state index contributed by atoms with van der Waals surface area (Å²) in [6, 6.07) is 11.6. The molecule has 3 aromatic heterocycles. The molecular formula is C21H22ClN9O. The average molecular weight is 452 g/mol. The Morgan fingerprint density at radius 2 is 1.88 bits per heavy atom. The van der Waals surface area contributed by atoms with Crippen molar-refractivity contribution in [2.75, 3.05) is 17.6 Å². The zero-order chi connectivity index (χ0) is 21.8. The van der Waals surface area contributed by atoms with Gasteiger partial charge in [0, 0.05) is 41.6 Å². The van der Waals surface area contributed by atoms with Crippen molar-refractivity contribution >= 4 is 46.8 Å². The van der Waals surface area contributed by atoms with Crippen molar-refractivity contribution in [3.05, 3.63) is 66.2 Å². The molecule has 10 nitrogen and oxygen atoms in total. The summed E-state index contributed by atoms with van der Waals surface area (Å²) in [5, 5.41) is 13.9. The van der Waals surface area contributed by atoms with E-state index in [2.05, 4.69) is 36.6 Å². The number of fused-ring (bicyclic) bond motifs is 1. The first kappa shape index (κ1) is 22.5. The lowest BCUT2D eigenvalue weighted by Crippen LogP contribution is -2.36. The molecule has 0 aliphatic carbocycles. The van der Waals surface area contributed by atoms with E-state index >= 15 is 0 Å². The standard InChI is InChI=1S/C21H21N9O.ClH/c22-18-17(20(31)30-21(23)24)28-16(12-5-8-25-9-6-12)19(29-18)26-10-7-13-11-27-15-4-2-1-3-14(13)15;/h1-6,8-9,11,27H,7,10H2,(H3,22,26,29)(H4,23,24,30,31);1H. The summed E-state index contributed by atoms with van der Waals surface area (Å²) in [6.07, 6.45) is 5.98. The van der Waals surface area contributed by atoms with E-state index in [9.17, 15) is 4.79 Å². The Kier molecular flexibility index (Phi) is 6.86. The molecule has 0 aliphatic heterocycles. The van der Waals surface area contributed by atoms with Gasteiger partial charge in [0.25, 0.3) is 5.91 Å². The van der Waals surface area contributed by atoms with Gasteiger partial charge in [0.1, 0.15) is 5.69 Å². The lowest BCUT2D eigenvalue weighted by atomic mass is 10.1. The number of aromatic amines is 1. The number of carbonyl (C=O) groups is 1. The third-order valence-electron chi connectivity index (χ3n) is 4.70. The van der Waals surface area contributed by atoms with Gasteiger partial charge in [-0.15, -0.1) is 12.4 Å². The molecule has 4 aromatic rings. The number of amides is 1. The Balaban J connectivity index is 0.00000289. The molecule has 0 radical (unpaired) electrons. The fourth-order valence-corrected chi connectivity index (χ4v) is 3.29. The van der Waals surface area contributed by atoms with Gasteiger partial charge in [-0.1, -0.05) is 18.2 Å². The highest BCUT2D eigenvalue weighted by atomic mass is 35.5. The maximum absolute atomic E-state index is 12.3.